The zero-order chi connectivity index (χ0) is 23.5. The van der Waals surface area contributed by atoms with Gasteiger partial charge in [0.1, 0.15) is 0 Å². The first-order chi connectivity index (χ1) is 15.0. The van der Waals surface area contributed by atoms with Gasteiger partial charge in [0.25, 0.3) is 11.8 Å². The Balaban J connectivity index is 0.000000321. The molecule has 0 aromatic heterocycles. The van der Waals surface area contributed by atoms with Crippen molar-refractivity contribution in [3.8, 4) is 0 Å². The van der Waals surface area contributed by atoms with Crippen molar-refractivity contribution in [2.45, 2.75) is 90.9 Å². The molecule has 2 aromatic carbocycles. The van der Waals surface area contributed by atoms with E-state index in [1.807, 2.05) is 64.1 Å². The second-order valence-electron chi connectivity index (χ2n) is 9.42. The van der Waals surface area contributed by atoms with Gasteiger partial charge in [0.05, 0.1) is 12.5 Å². The maximum Gasteiger partial charge on any atom is 0.267 e. The molecule has 2 atom stereocenters. The lowest BCUT2D eigenvalue weighted by Gasteiger charge is -2.33. The van der Waals surface area contributed by atoms with Crippen molar-refractivity contribution in [1.29, 1.82) is 0 Å². The fourth-order valence-corrected chi connectivity index (χ4v) is 5.00. The molecule has 0 spiro atoms. The molecule has 1 heterocycles. The number of nitrogens with one attached hydrogen (secondary N) is 1. The molecule has 4 rings (SSSR count). The molecular formula is C28H40ClF4N. The monoisotopic (exact) mass is 501 g/mol. The summed E-state index contributed by atoms with van der Waals surface area (Å²) in [6, 6.07) is 11.4. The number of rotatable bonds is 2. The van der Waals surface area contributed by atoms with Crippen LogP contribution in [0.2, 0.25) is 0 Å². The Morgan fingerprint density at radius 3 is 1.71 bits per heavy atom. The smallest absolute Gasteiger partial charge is 0.267 e. The van der Waals surface area contributed by atoms with Crippen molar-refractivity contribution < 1.29 is 17.6 Å². The minimum Gasteiger partial charge on any atom is -0.311 e. The molecule has 1 aliphatic carbocycles. The van der Waals surface area contributed by atoms with Crippen molar-refractivity contribution in [2.75, 3.05) is 13.1 Å². The summed E-state index contributed by atoms with van der Waals surface area (Å²) in [7, 11) is 0. The second-order valence-corrected chi connectivity index (χ2v) is 9.42. The molecule has 0 amide bonds. The van der Waals surface area contributed by atoms with Crippen molar-refractivity contribution in [2.24, 2.45) is 0 Å². The highest BCUT2D eigenvalue weighted by atomic mass is 35.5. The van der Waals surface area contributed by atoms with E-state index in [9.17, 15) is 17.6 Å². The SMILES string of the molecule is C.Cc1cccc(C2CCCCC2(F)F)c1C.Cc1cccc(C2CCNCC2(F)F)c1C.Cl. The lowest BCUT2D eigenvalue weighted by molar-refractivity contribution is -0.0549. The van der Waals surface area contributed by atoms with E-state index in [2.05, 4.69) is 5.32 Å². The molecule has 192 valence electrons. The Bertz CT molecular complexity index is 853. The van der Waals surface area contributed by atoms with E-state index in [4.69, 9.17) is 0 Å². The molecule has 1 saturated carbocycles. The van der Waals surface area contributed by atoms with Crippen LogP contribution < -0.4 is 5.32 Å². The molecule has 2 aliphatic rings. The number of hydrogen-bond donors (Lipinski definition) is 1. The first kappa shape index (κ1) is 30.4. The van der Waals surface area contributed by atoms with E-state index in [0.717, 1.165) is 39.8 Å². The number of alkyl halides is 4. The molecule has 2 aromatic rings. The van der Waals surface area contributed by atoms with E-state index in [1.54, 1.807) is 0 Å². The van der Waals surface area contributed by atoms with Crippen molar-refractivity contribution in [3.63, 3.8) is 0 Å². The van der Waals surface area contributed by atoms with Crippen LogP contribution in [0.3, 0.4) is 0 Å². The molecule has 6 heteroatoms. The maximum absolute atomic E-state index is 13.9. The van der Waals surface area contributed by atoms with Crippen LogP contribution in [0.25, 0.3) is 0 Å². The summed E-state index contributed by atoms with van der Waals surface area (Å²) >= 11 is 0. The summed E-state index contributed by atoms with van der Waals surface area (Å²) in [5.74, 6) is -6.34. The van der Waals surface area contributed by atoms with Gasteiger partial charge in [-0.3, -0.25) is 0 Å². The highest BCUT2D eigenvalue weighted by Gasteiger charge is 2.43. The predicted octanol–water partition coefficient (Wildman–Crippen LogP) is 8.67. The summed E-state index contributed by atoms with van der Waals surface area (Å²) in [5, 5.41) is 2.76. The molecule has 0 bridgehead atoms. The highest BCUT2D eigenvalue weighted by Crippen LogP contribution is 2.45. The molecule has 1 saturated heterocycles. The number of halogens is 5. The number of piperidine rings is 1. The standard InChI is InChI=1S/C14H18F2.C13H17F2N.CH4.ClH/c1-10-6-5-7-12(11(10)2)13-8-3-4-9-14(13,15)16;1-9-4-3-5-11(10(9)2)12-6-7-16-8-13(12,14)15;;/h5-7,13H,3-4,8-9H2,1-2H3;3-5,12,16H,6-8H2,1-2H3;1H4;1H. The van der Waals surface area contributed by atoms with Crippen LogP contribution in [0.5, 0.6) is 0 Å². The Morgan fingerprint density at radius 2 is 1.24 bits per heavy atom. The van der Waals surface area contributed by atoms with Gasteiger partial charge in [0.15, 0.2) is 0 Å². The lowest BCUT2D eigenvalue weighted by atomic mass is 9.78. The third kappa shape index (κ3) is 6.75. The van der Waals surface area contributed by atoms with Gasteiger partial charge in [-0.25, -0.2) is 17.6 Å². The average molecular weight is 502 g/mol. The minimum atomic E-state index is -2.63. The average Bonchev–Trinajstić information content (AvgIpc) is 2.73. The third-order valence-electron chi connectivity index (χ3n) is 7.29. The third-order valence-corrected chi connectivity index (χ3v) is 7.29. The van der Waals surface area contributed by atoms with E-state index < -0.39 is 23.7 Å². The van der Waals surface area contributed by atoms with Crippen LogP contribution in [-0.2, 0) is 0 Å². The van der Waals surface area contributed by atoms with Gasteiger partial charge in [-0.05, 0) is 86.9 Å². The summed E-state index contributed by atoms with van der Waals surface area (Å²) in [6.45, 7) is 8.31. The summed E-state index contributed by atoms with van der Waals surface area (Å²) in [6.07, 6.45) is 2.77. The molecule has 34 heavy (non-hydrogen) atoms. The minimum absolute atomic E-state index is 0. The topological polar surface area (TPSA) is 12.0 Å². The molecule has 0 radical (unpaired) electrons. The second kappa shape index (κ2) is 12.4. The maximum atomic E-state index is 13.9. The number of hydrogen-bond acceptors (Lipinski definition) is 1. The van der Waals surface area contributed by atoms with Gasteiger partial charge < -0.3 is 5.32 Å². The van der Waals surface area contributed by atoms with E-state index in [1.165, 1.54) is 0 Å². The van der Waals surface area contributed by atoms with Gasteiger partial charge >= 0.3 is 0 Å². The van der Waals surface area contributed by atoms with Gasteiger partial charge in [-0.1, -0.05) is 50.2 Å². The Morgan fingerprint density at radius 1 is 0.735 bits per heavy atom. The largest absolute Gasteiger partial charge is 0.311 e. The van der Waals surface area contributed by atoms with Gasteiger partial charge in [-0.15, -0.1) is 12.4 Å². The van der Waals surface area contributed by atoms with Crippen LogP contribution >= 0.6 is 12.4 Å². The zero-order valence-electron chi connectivity index (χ0n) is 20.0. The first-order valence-corrected chi connectivity index (χ1v) is 11.6. The Labute approximate surface area is 209 Å². The highest BCUT2D eigenvalue weighted by molar-refractivity contribution is 5.85. The number of benzene rings is 2. The molecule has 2 fully saturated rings. The van der Waals surface area contributed by atoms with Crippen LogP contribution in [0.1, 0.15) is 84.7 Å². The van der Waals surface area contributed by atoms with Crippen LogP contribution in [0.4, 0.5) is 17.6 Å². The predicted molar refractivity (Wildman–Crippen MR) is 137 cm³/mol. The Kier molecular flexibility index (Phi) is 11.1. The summed E-state index contributed by atoms with van der Waals surface area (Å²) in [5.41, 5.74) is 5.91. The summed E-state index contributed by atoms with van der Waals surface area (Å²) < 4.78 is 55.3. The van der Waals surface area contributed by atoms with E-state index in [-0.39, 0.29) is 32.8 Å². The van der Waals surface area contributed by atoms with Crippen molar-refractivity contribution >= 4 is 12.4 Å². The molecule has 1 nitrogen and oxygen atoms in total. The van der Waals surface area contributed by atoms with E-state index in [0.29, 0.717) is 25.8 Å². The van der Waals surface area contributed by atoms with Gasteiger partial charge in [0, 0.05) is 12.3 Å². The van der Waals surface area contributed by atoms with E-state index >= 15 is 0 Å². The normalized spacial score (nSPS) is 22.9. The van der Waals surface area contributed by atoms with Crippen molar-refractivity contribution in [3.05, 3.63) is 69.8 Å². The Hall–Kier alpha value is -1.59. The number of aryl methyl sites for hydroxylation is 2. The fourth-order valence-electron chi connectivity index (χ4n) is 5.00. The quantitative estimate of drug-likeness (QED) is 0.406. The fraction of sp³-hybridized carbons (Fsp3) is 0.571. The first-order valence-electron chi connectivity index (χ1n) is 11.6. The molecular weight excluding hydrogens is 462 g/mol. The van der Waals surface area contributed by atoms with Gasteiger partial charge in [-0.2, -0.15) is 0 Å². The van der Waals surface area contributed by atoms with Crippen LogP contribution in [-0.4, -0.2) is 24.9 Å². The lowest BCUT2D eigenvalue weighted by Crippen LogP contribution is -2.44. The van der Waals surface area contributed by atoms with Crippen LogP contribution in [0, 0.1) is 27.7 Å². The van der Waals surface area contributed by atoms with Crippen LogP contribution in [0.15, 0.2) is 36.4 Å². The van der Waals surface area contributed by atoms with Gasteiger partial charge in [0.2, 0.25) is 0 Å². The molecule has 2 unspecified atom stereocenters. The zero-order valence-corrected chi connectivity index (χ0v) is 20.8. The molecule has 1 aliphatic heterocycles. The molecule has 1 N–H and O–H groups in total. The van der Waals surface area contributed by atoms with Crippen molar-refractivity contribution in [1.82, 2.24) is 5.32 Å². The summed E-state index contributed by atoms with van der Waals surface area (Å²) in [4.78, 5) is 0.